The highest BCUT2D eigenvalue weighted by Gasteiger charge is 2.32. The lowest BCUT2D eigenvalue weighted by Gasteiger charge is -2.14. The number of aliphatic hydroxyl groups is 1. The molecule has 0 heterocycles. The molecule has 0 aromatic heterocycles. The van der Waals surface area contributed by atoms with Gasteiger partial charge in [0.1, 0.15) is 11.9 Å². The van der Waals surface area contributed by atoms with Gasteiger partial charge in [0.25, 0.3) is 5.91 Å². The molecule has 3 N–H and O–H groups in total. The van der Waals surface area contributed by atoms with Crippen LogP contribution in [0.15, 0.2) is 18.2 Å². The van der Waals surface area contributed by atoms with Crippen LogP contribution in [0.3, 0.4) is 0 Å². The van der Waals surface area contributed by atoms with Crippen molar-refractivity contribution in [2.75, 3.05) is 6.61 Å². The van der Waals surface area contributed by atoms with Crippen LogP contribution in [0, 0.1) is 5.82 Å². The Bertz CT molecular complexity index is 545. The van der Waals surface area contributed by atoms with Gasteiger partial charge in [-0.1, -0.05) is 0 Å². The number of carbonyl (C=O) groups is 2. The van der Waals surface area contributed by atoms with Crippen molar-refractivity contribution in [2.24, 2.45) is 0 Å². The van der Waals surface area contributed by atoms with E-state index >= 15 is 0 Å². The van der Waals surface area contributed by atoms with Gasteiger partial charge >= 0.3 is 12.1 Å². The number of hydrogen-bond donors (Lipinski definition) is 3. The van der Waals surface area contributed by atoms with Crippen molar-refractivity contribution in [1.82, 2.24) is 5.32 Å². The first-order valence-corrected chi connectivity index (χ1v) is 5.68. The SMILES string of the molecule is O=C(NC(CCO)C(=O)O)c1cc(C(F)(F)F)ccc1F. The smallest absolute Gasteiger partial charge is 0.416 e. The number of alkyl halides is 3. The third-order valence-electron chi connectivity index (χ3n) is 2.56. The van der Waals surface area contributed by atoms with E-state index in [9.17, 15) is 27.2 Å². The van der Waals surface area contributed by atoms with Gasteiger partial charge in [-0.3, -0.25) is 4.79 Å². The van der Waals surface area contributed by atoms with Crippen LogP contribution in [0.25, 0.3) is 0 Å². The van der Waals surface area contributed by atoms with E-state index in [1.54, 1.807) is 0 Å². The van der Waals surface area contributed by atoms with Gasteiger partial charge in [-0.15, -0.1) is 0 Å². The monoisotopic (exact) mass is 309 g/mol. The molecule has 1 unspecified atom stereocenters. The Hall–Kier alpha value is -2.16. The summed E-state index contributed by atoms with van der Waals surface area (Å²) in [4.78, 5) is 22.4. The Morgan fingerprint density at radius 2 is 1.90 bits per heavy atom. The van der Waals surface area contributed by atoms with Gasteiger partial charge in [0.2, 0.25) is 0 Å². The predicted molar refractivity (Wildman–Crippen MR) is 62.0 cm³/mol. The summed E-state index contributed by atoms with van der Waals surface area (Å²) in [6.07, 6.45) is -5.12. The Labute approximate surface area is 116 Å². The zero-order valence-corrected chi connectivity index (χ0v) is 10.4. The van der Waals surface area contributed by atoms with E-state index in [-0.39, 0.29) is 6.42 Å². The number of aliphatic hydroxyl groups excluding tert-OH is 1. The lowest BCUT2D eigenvalue weighted by molar-refractivity contribution is -0.140. The third kappa shape index (κ3) is 4.42. The minimum Gasteiger partial charge on any atom is -0.480 e. The van der Waals surface area contributed by atoms with E-state index in [4.69, 9.17) is 10.2 Å². The van der Waals surface area contributed by atoms with E-state index in [1.165, 1.54) is 0 Å². The molecule has 0 fully saturated rings. The maximum atomic E-state index is 13.4. The van der Waals surface area contributed by atoms with E-state index in [0.29, 0.717) is 18.2 Å². The molecule has 0 saturated carbocycles. The first-order valence-electron chi connectivity index (χ1n) is 5.68. The fraction of sp³-hybridized carbons (Fsp3) is 0.333. The quantitative estimate of drug-likeness (QED) is 0.718. The van der Waals surface area contributed by atoms with Crippen molar-refractivity contribution in [3.05, 3.63) is 35.1 Å². The number of halogens is 4. The molecular formula is C12H11F4NO4. The molecule has 1 rings (SSSR count). The molecule has 0 radical (unpaired) electrons. The van der Waals surface area contributed by atoms with Gasteiger partial charge in [-0.25, -0.2) is 9.18 Å². The number of carboxylic acids is 1. The zero-order valence-electron chi connectivity index (χ0n) is 10.4. The molecule has 0 saturated heterocycles. The van der Waals surface area contributed by atoms with Crippen LogP contribution in [-0.4, -0.2) is 34.7 Å². The average Bonchev–Trinajstić information content (AvgIpc) is 2.36. The second-order valence-electron chi connectivity index (χ2n) is 4.07. The summed E-state index contributed by atoms with van der Waals surface area (Å²) in [5.74, 6) is -4.02. The fourth-order valence-corrected chi connectivity index (χ4v) is 1.50. The van der Waals surface area contributed by atoms with Gasteiger partial charge in [0.15, 0.2) is 0 Å². The van der Waals surface area contributed by atoms with Crippen LogP contribution in [0.2, 0.25) is 0 Å². The molecule has 0 spiro atoms. The summed E-state index contributed by atoms with van der Waals surface area (Å²) in [5.41, 5.74) is -2.16. The van der Waals surface area contributed by atoms with Crippen molar-refractivity contribution in [1.29, 1.82) is 0 Å². The second kappa shape index (κ2) is 6.53. The summed E-state index contributed by atoms with van der Waals surface area (Å²) >= 11 is 0. The Morgan fingerprint density at radius 1 is 1.29 bits per heavy atom. The molecule has 9 heteroatoms. The van der Waals surface area contributed by atoms with Crippen LogP contribution in [0.1, 0.15) is 22.3 Å². The topological polar surface area (TPSA) is 86.6 Å². The number of aliphatic carboxylic acids is 1. The van der Waals surface area contributed by atoms with Crippen LogP contribution in [-0.2, 0) is 11.0 Å². The summed E-state index contributed by atoms with van der Waals surface area (Å²) in [7, 11) is 0. The van der Waals surface area contributed by atoms with Gasteiger partial charge in [0, 0.05) is 13.0 Å². The first-order chi connectivity index (χ1) is 9.66. The van der Waals surface area contributed by atoms with Crippen molar-refractivity contribution in [2.45, 2.75) is 18.6 Å². The number of hydrogen-bond acceptors (Lipinski definition) is 3. The number of nitrogens with one attached hydrogen (secondary N) is 1. The lowest BCUT2D eigenvalue weighted by Crippen LogP contribution is -2.41. The van der Waals surface area contributed by atoms with E-state index < -0.39 is 47.6 Å². The molecule has 21 heavy (non-hydrogen) atoms. The maximum absolute atomic E-state index is 13.4. The molecular weight excluding hydrogens is 298 g/mol. The predicted octanol–water partition coefficient (Wildman–Crippen LogP) is 1.41. The van der Waals surface area contributed by atoms with Crippen LogP contribution in [0.4, 0.5) is 17.6 Å². The zero-order chi connectivity index (χ0) is 16.2. The summed E-state index contributed by atoms with van der Waals surface area (Å²) < 4.78 is 50.9. The van der Waals surface area contributed by atoms with Gasteiger partial charge in [-0.05, 0) is 18.2 Å². The Balaban J connectivity index is 3.04. The average molecular weight is 309 g/mol. The molecule has 0 aliphatic rings. The van der Waals surface area contributed by atoms with Crippen LogP contribution < -0.4 is 5.32 Å². The molecule has 1 aromatic rings. The van der Waals surface area contributed by atoms with Crippen LogP contribution >= 0.6 is 0 Å². The highest BCUT2D eigenvalue weighted by atomic mass is 19.4. The number of rotatable bonds is 5. The number of amides is 1. The number of carbonyl (C=O) groups excluding carboxylic acids is 1. The number of carboxylic acid groups (broad SMARTS) is 1. The standard InChI is InChI=1S/C12H11F4NO4/c13-8-2-1-6(12(14,15)16)5-7(8)10(19)17-9(3-4-18)11(20)21/h1-2,5,9,18H,3-4H2,(H,17,19)(H,20,21). The molecule has 1 aromatic carbocycles. The van der Waals surface area contributed by atoms with Crippen molar-refractivity contribution >= 4 is 11.9 Å². The fourth-order valence-electron chi connectivity index (χ4n) is 1.50. The molecule has 1 atom stereocenters. The third-order valence-corrected chi connectivity index (χ3v) is 2.56. The molecule has 1 amide bonds. The second-order valence-corrected chi connectivity index (χ2v) is 4.07. The van der Waals surface area contributed by atoms with Crippen LogP contribution in [0.5, 0.6) is 0 Å². The van der Waals surface area contributed by atoms with Crippen molar-refractivity contribution in [3.63, 3.8) is 0 Å². The number of benzene rings is 1. The Morgan fingerprint density at radius 3 is 2.38 bits per heavy atom. The molecule has 116 valence electrons. The van der Waals surface area contributed by atoms with Crippen molar-refractivity contribution in [3.8, 4) is 0 Å². The minimum absolute atomic E-state index is 0.294. The lowest BCUT2D eigenvalue weighted by atomic mass is 10.1. The largest absolute Gasteiger partial charge is 0.480 e. The molecule has 0 aliphatic carbocycles. The summed E-state index contributed by atoms with van der Waals surface area (Å²) in [6.45, 7) is -0.567. The van der Waals surface area contributed by atoms with Gasteiger partial charge in [0.05, 0.1) is 11.1 Å². The Kier molecular flexibility index (Phi) is 5.25. The molecule has 0 bridgehead atoms. The minimum atomic E-state index is -4.76. The van der Waals surface area contributed by atoms with Gasteiger partial charge < -0.3 is 15.5 Å². The van der Waals surface area contributed by atoms with E-state index in [1.807, 2.05) is 5.32 Å². The highest BCUT2D eigenvalue weighted by molar-refractivity contribution is 5.97. The summed E-state index contributed by atoms with van der Waals surface area (Å²) in [5, 5.41) is 19.2. The highest BCUT2D eigenvalue weighted by Crippen LogP contribution is 2.30. The normalized spacial score (nSPS) is 12.8. The maximum Gasteiger partial charge on any atom is 0.416 e. The molecule has 5 nitrogen and oxygen atoms in total. The van der Waals surface area contributed by atoms with E-state index in [2.05, 4.69) is 0 Å². The first kappa shape index (κ1) is 16.9. The summed E-state index contributed by atoms with van der Waals surface area (Å²) in [6, 6.07) is -0.298. The van der Waals surface area contributed by atoms with Gasteiger partial charge in [-0.2, -0.15) is 13.2 Å². The molecule has 0 aliphatic heterocycles. The van der Waals surface area contributed by atoms with Crippen molar-refractivity contribution < 1.29 is 37.4 Å². The van der Waals surface area contributed by atoms with E-state index in [0.717, 1.165) is 0 Å².